The van der Waals surface area contributed by atoms with Crippen molar-refractivity contribution < 1.29 is 4.42 Å². The molecule has 1 aromatic heterocycles. The van der Waals surface area contributed by atoms with Crippen molar-refractivity contribution in [3.63, 3.8) is 0 Å². The number of nitrogens with one attached hydrogen (secondary N) is 1. The second-order valence-electron chi connectivity index (χ2n) is 15.0. The van der Waals surface area contributed by atoms with E-state index in [1.165, 1.54) is 66.8 Å². The fourth-order valence-corrected chi connectivity index (χ4v) is 10.4. The first kappa shape index (κ1) is 29.0. The molecule has 12 rings (SSSR count). The number of hydrogen-bond donors (Lipinski definition) is 1. The highest BCUT2D eigenvalue weighted by Crippen LogP contribution is 2.63. The van der Waals surface area contributed by atoms with Crippen molar-refractivity contribution in [1.82, 2.24) is 0 Å². The van der Waals surface area contributed by atoms with Crippen LogP contribution in [0.3, 0.4) is 0 Å². The minimum Gasteiger partial charge on any atom is -0.456 e. The average molecular weight is 676 g/mol. The molecule has 3 aliphatic rings. The van der Waals surface area contributed by atoms with Crippen LogP contribution in [0.1, 0.15) is 45.9 Å². The molecule has 9 aromatic rings. The van der Waals surface area contributed by atoms with Crippen molar-refractivity contribution in [3.05, 3.63) is 215 Å². The van der Waals surface area contributed by atoms with E-state index in [2.05, 4.69) is 188 Å². The molecule has 0 aliphatic heterocycles. The van der Waals surface area contributed by atoms with E-state index in [-0.39, 0.29) is 0 Å². The number of benzene rings is 8. The predicted molar refractivity (Wildman–Crippen MR) is 217 cm³/mol. The zero-order valence-corrected chi connectivity index (χ0v) is 29.2. The lowest BCUT2D eigenvalue weighted by Crippen LogP contribution is -2.26. The van der Waals surface area contributed by atoms with Gasteiger partial charge < -0.3 is 9.73 Å². The van der Waals surface area contributed by atoms with Gasteiger partial charge in [0.05, 0.1) is 5.41 Å². The summed E-state index contributed by atoms with van der Waals surface area (Å²) in [6.45, 7) is 2.38. The molecule has 2 nitrogen and oxygen atoms in total. The molecule has 1 spiro atoms. The fraction of sp³-hybridized carbons (Fsp3) is 0.0588. The highest BCUT2D eigenvalue weighted by Gasteiger charge is 2.51. The van der Waals surface area contributed by atoms with Crippen LogP contribution in [0.4, 0.5) is 11.4 Å². The van der Waals surface area contributed by atoms with Gasteiger partial charge in [-0.15, -0.1) is 0 Å². The van der Waals surface area contributed by atoms with Gasteiger partial charge in [0.15, 0.2) is 0 Å². The monoisotopic (exact) mass is 675 g/mol. The second kappa shape index (κ2) is 10.2. The minimum atomic E-state index is -0.472. The van der Waals surface area contributed by atoms with Gasteiger partial charge in [0.1, 0.15) is 11.2 Å². The Hall–Kier alpha value is -6.64. The van der Waals surface area contributed by atoms with Crippen LogP contribution in [0.15, 0.2) is 180 Å². The zero-order chi connectivity index (χ0) is 34.9. The SMILES string of the molecule is CC1(c2c(Nc3ccc4c(c3)C3(c5ccccc5-c5ccccc53)c3ccccc3-4)ccc3c2oc2ccccc23)c2ccccc2-c2ccccc21. The van der Waals surface area contributed by atoms with Gasteiger partial charge >= 0.3 is 0 Å². The lowest BCUT2D eigenvalue weighted by Gasteiger charge is -2.32. The predicted octanol–water partition coefficient (Wildman–Crippen LogP) is 13.0. The third-order valence-corrected chi connectivity index (χ3v) is 12.5. The van der Waals surface area contributed by atoms with Gasteiger partial charge in [-0.1, -0.05) is 146 Å². The van der Waals surface area contributed by atoms with Crippen LogP contribution in [0.5, 0.6) is 0 Å². The van der Waals surface area contributed by atoms with Crippen molar-refractivity contribution in [2.75, 3.05) is 5.32 Å². The zero-order valence-electron chi connectivity index (χ0n) is 29.2. The molecule has 53 heavy (non-hydrogen) atoms. The topological polar surface area (TPSA) is 25.2 Å². The smallest absolute Gasteiger partial charge is 0.141 e. The Morgan fingerprint density at radius 3 is 1.47 bits per heavy atom. The lowest BCUT2D eigenvalue weighted by molar-refractivity contribution is 0.639. The Morgan fingerprint density at radius 2 is 0.887 bits per heavy atom. The number of hydrogen-bond acceptors (Lipinski definition) is 2. The molecule has 0 bridgehead atoms. The van der Waals surface area contributed by atoms with Gasteiger partial charge in [-0.3, -0.25) is 0 Å². The number of fused-ring (bicyclic) bond motifs is 16. The summed E-state index contributed by atoms with van der Waals surface area (Å²) in [7, 11) is 0. The maximum atomic E-state index is 6.90. The second-order valence-corrected chi connectivity index (χ2v) is 15.0. The van der Waals surface area contributed by atoms with E-state index in [0.29, 0.717) is 0 Å². The summed E-state index contributed by atoms with van der Waals surface area (Å²) in [6, 6.07) is 64.7. The number of rotatable bonds is 3. The Labute approximate surface area is 308 Å². The summed E-state index contributed by atoms with van der Waals surface area (Å²) >= 11 is 0. The molecular formula is C51H33NO. The molecule has 0 radical (unpaired) electrons. The highest BCUT2D eigenvalue weighted by molar-refractivity contribution is 6.09. The Morgan fingerprint density at radius 1 is 0.415 bits per heavy atom. The third-order valence-electron chi connectivity index (χ3n) is 12.5. The number of para-hydroxylation sites is 1. The fourth-order valence-electron chi connectivity index (χ4n) is 10.4. The van der Waals surface area contributed by atoms with Crippen LogP contribution in [-0.4, -0.2) is 0 Å². The van der Waals surface area contributed by atoms with Crippen LogP contribution in [-0.2, 0) is 10.8 Å². The quantitative estimate of drug-likeness (QED) is 0.202. The van der Waals surface area contributed by atoms with Crippen molar-refractivity contribution in [3.8, 4) is 33.4 Å². The molecule has 8 aromatic carbocycles. The van der Waals surface area contributed by atoms with E-state index >= 15 is 0 Å². The van der Waals surface area contributed by atoms with Gasteiger partial charge in [0, 0.05) is 33.1 Å². The molecule has 1 heterocycles. The molecular weight excluding hydrogens is 643 g/mol. The molecule has 0 unspecified atom stereocenters. The minimum absolute atomic E-state index is 0.405. The van der Waals surface area contributed by atoms with Crippen LogP contribution in [0, 0.1) is 0 Å². The summed E-state index contributed by atoms with van der Waals surface area (Å²) in [5.41, 5.74) is 19.9. The average Bonchev–Trinajstić information content (AvgIpc) is 3.91. The summed E-state index contributed by atoms with van der Waals surface area (Å²) in [5.74, 6) is 0. The summed E-state index contributed by atoms with van der Waals surface area (Å²) in [6.07, 6.45) is 0. The standard InChI is InChI=1S/C51H33NO/c1-50(40-20-8-2-14-32(40)33-15-3-9-21-41(33)50)48-46(29-28-39-38-19-7-13-25-47(38)53-49(39)48)52-31-26-27-37-36-18-6-12-24-44(36)51(45(37)30-31)42-22-10-4-16-34(42)35-17-5-11-23-43(35)51/h2-30,52H,1H3. The molecule has 0 atom stereocenters. The van der Waals surface area contributed by atoms with E-state index in [9.17, 15) is 0 Å². The molecule has 3 aliphatic carbocycles. The van der Waals surface area contributed by atoms with E-state index in [0.717, 1.165) is 38.9 Å². The van der Waals surface area contributed by atoms with Crippen molar-refractivity contribution in [1.29, 1.82) is 0 Å². The molecule has 248 valence electrons. The van der Waals surface area contributed by atoms with E-state index < -0.39 is 10.8 Å². The van der Waals surface area contributed by atoms with Crippen molar-refractivity contribution in [2.24, 2.45) is 0 Å². The van der Waals surface area contributed by atoms with Crippen molar-refractivity contribution in [2.45, 2.75) is 17.8 Å². The van der Waals surface area contributed by atoms with Gasteiger partial charge in [-0.25, -0.2) is 0 Å². The first-order valence-electron chi connectivity index (χ1n) is 18.5. The Kier molecular flexibility index (Phi) is 5.60. The Balaban J connectivity index is 1.12. The molecule has 0 saturated carbocycles. The molecule has 0 fully saturated rings. The van der Waals surface area contributed by atoms with E-state index in [4.69, 9.17) is 4.42 Å². The summed E-state index contributed by atoms with van der Waals surface area (Å²) in [5, 5.41) is 6.29. The molecule has 0 amide bonds. The van der Waals surface area contributed by atoms with Crippen molar-refractivity contribution >= 4 is 33.3 Å². The van der Waals surface area contributed by atoms with Gasteiger partial charge in [0.25, 0.3) is 0 Å². The maximum Gasteiger partial charge on any atom is 0.141 e. The summed E-state index contributed by atoms with van der Waals surface area (Å²) < 4.78 is 6.90. The van der Waals surface area contributed by atoms with Gasteiger partial charge in [-0.05, 0) is 104 Å². The number of furan rings is 1. The molecule has 0 saturated heterocycles. The van der Waals surface area contributed by atoms with Crippen LogP contribution < -0.4 is 5.32 Å². The first-order valence-corrected chi connectivity index (χ1v) is 18.5. The highest BCUT2D eigenvalue weighted by atomic mass is 16.3. The van der Waals surface area contributed by atoms with Crippen LogP contribution >= 0.6 is 0 Å². The van der Waals surface area contributed by atoms with Crippen LogP contribution in [0.25, 0.3) is 55.3 Å². The third kappa shape index (κ3) is 3.53. The number of anilines is 2. The Bertz CT molecular complexity index is 2910. The first-order chi connectivity index (χ1) is 26.2. The summed E-state index contributed by atoms with van der Waals surface area (Å²) in [4.78, 5) is 0. The van der Waals surface area contributed by atoms with Crippen LogP contribution in [0.2, 0.25) is 0 Å². The largest absolute Gasteiger partial charge is 0.456 e. The van der Waals surface area contributed by atoms with Gasteiger partial charge in [0.2, 0.25) is 0 Å². The maximum absolute atomic E-state index is 6.90. The lowest BCUT2D eigenvalue weighted by atomic mass is 9.70. The molecule has 1 N–H and O–H groups in total. The normalized spacial score (nSPS) is 14.8. The molecule has 2 heteroatoms. The van der Waals surface area contributed by atoms with Gasteiger partial charge in [-0.2, -0.15) is 0 Å². The van der Waals surface area contributed by atoms with E-state index in [1.807, 2.05) is 0 Å². The van der Waals surface area contributed by atoms with E-state index in [1.54, 1.807) is 0 Å².